The molecule has 1 unspecified atom stereocenters. The SMILES string of the molecule is Cc1cccn1CC1=Cc2ccccc2C(N2CCN(C)CC2)c2ccccc21. The number of piperazine rings is 1. The van der Waals surface area contributed by atoms with Crippen LogP contribution in [0.4, 0.5) is 0 Å². The molecule has 3 heteroatoms. The Hall–Kier alpha value is -2.62. The largest absolute Gasteiger partial charge is 0.347 e. The minimum atomic E-state index is 0.315. The predicted molar refractivity (Wildman–Crippen MR) is 121 cm³/mol. The van der Waals surface area contributed by atoms with Crippen molar-refractivity contribution < 1.29 is 0 Å². The van der Waals surface area contributed by atoms with Gasteiger partial charge in [-0.25, -0.2) is 0 Å². The maximum absolute atomic E-state index is 2.68. The van der Waals surface area contributed by atoms with Crippen molar-refractivity contribution in [2.45, 2.75) is 19.5 Å². The topological polar surface area (TPSA) is 11.4 Å². The second-order valence-electron chi connectivity index (χ2n) is 8.40. The van der Waals surface area contributed by atoms with E-state index >= 15 is 0 Å². The Morgan fingerprint density at radius 3 is 2.31 bits per heavy atom. The van der Waals surface area contributed by atoms with E-state index in [0.29, 0.717) is 6.04 Å². The van der Waals surface area contributed by atoms with E-state index < -0.39 is 0 Å². The number of allylic oxidation sites excluding steroid dienone is 1. The third kappa shape index (κ3) is 3.45. The molecule has 1 saturated heterocycles. The molecule has 5 rings (SSSR count). The van der Waals surface area contributed by atoms with Crippen molar-refractivity contribution in [3.63, 3.8) is 0 Å². The molecule has 2 heterocycles. The van der Waals surface area contributed by atoms with Crippen molar-refractivity contribution >= 4 is 11.6 Å². The summed E-state index contributed by atoms with van der Waals surface area (Å²) in [7, 11) is 2.23. The van der Waals surface area contributed by atoms with E-state index in [4.69, 9.17) is 0 Å². The van der Waals surface area contributed by atoms with Crippen molar-refractivity contribution in [1.82, 2.24) is 14.4 Å². The molecule has 0 radical (unpaired) electrons. The molecule has 1 aromatic heterocycles. The van der Waals surface area contributed by atoms with Gasteiger partial charge in [-0.2, -0.15) is 0 Å². The van der Waals surface area contributed by atoms with E-state index in [1.54, 1.807) is 0 Å². The van der Waals surface area contributed by atoms with E-state index in [2.05, 4.69) is 101 Å². The van der Waals surface area contributed by atoms with Gasteiger partial charge in [0.25, 0.3) is 0 Å². The Labute approximate surface area is 173 Å². The fourth-order valence-electron chi connectivity index (χ4n) is 4.82. The average Bonchev–Trinajstić information content (AvgIpc) is 3.08. The molecule has 2 aromatic carbocycles. The van der Waals surface area contributed by atoms with E-state index in [1.807, 2.05) is 0 Å². The van der Waals surface area contributed by atoms with Crippen molar-refractivity contribution in [3.8, 4) is 0 Å². The van der Waals surface area contributed by atoms with Crippen LogP contribution < -0.4 is 0 Å². The summed E-state index contributed by atoms with van der Waals surface area (Å²) in [6.45, 7) is 7.56. The zero-order valence-electron chi connectivity index (χ0n) is 17.4. The summed E-state index contributed by atoms with van der Waals surface area (Å²) in [5.74, 6) is 0. The normalized spacial score (nSPS) is 19.9. The van der Waals surface area contributed by atoms with Crippen molar-refractivity contribution in [3.05, 3.63) is 94.8 Å². The van der Waals surface area contributed by atoms with Crippen LogP contribution in [0.5, 0.6) is 0 Å². The van der Waals surface area contributed by atoms with Crippen LogP contribution in [-0.2, 0) is 6.54 Å². The number of aromatic nitrogens is 1. The lowest BCUT2D eigenvalue weighted by molar-refractivity contribution is 0.127. The van der Waals surface area contributed by atoms with Crippen molar-refractivity contribution in [2.75, 3.05) is 33.2 Å². The molecule has 0 saturated carbocycles. The van der Waals surface area contributed by atoms with E-state index in [9.17, 15) is 0 Å². The smallest absolute Gasteiger partial charge is 0.0614 e. The molecule has 0 bridgehead atoms. The molecule has 2 aliphatic rings. The van der Waals surface area contributed by atoms with Crippen LogP contribution in [0.3, 0.4) is 0 Å². The standard InChI is InChI=1S/C26H29N3/c1-20-8-7-13-29(20)19-22-18-21-9-3-4-11-24(21)26(25-12-6-5-10-23(22)25)28-16-14-27(2)15-17-28/h3-13,18,26H,14-17,19H2,1-2H3. The Balaban J connectivity index is 1.64. The van der Waals surface area contributed by atoms with Crippen molar-refractivity contribution in [1.29, 1.82) is 0 Å². The van der Waals surface area contributed by atoms with Crippen LogP contribution in [0.2, 0.25) is 0 Å². The molecule has 148 valence electrons. The highest BCUT2D eigenvalue weighted by atomic mass is 15.3. The van der Waals surface area contributed by atoms with Crippen LogP contribution in [0, 0.1) is 6.92 Å². The van der Waals surface area contributed by atoms with E-state index in [-0.39, 0.29) is 0 Å². The van der Waals surface area contributed by atoms with Gasteiger partial charge in [-0.15, -0.1) is 0 Å². The maximum atomic E-state index is 2.68. The quantitative estimate of drug-likeness (QED) is 0.650. The zero-order chi connectivity index (χ0) is 19.8. The van der Waals surface area contributed by atoms with Gasteiger partial charge >= 0.3 is 0 Å². The number of aryl methyl sites for hydroxylation is 1. The first-order valence-electron chi connectivity index (χ1n) is 10.6. The maximum Gasteiger partial charge on any atom is 0.0614 e. The monoisotopic (exact) mass is 383 g/mol. The molecule has 0 N–H and O–H groups in total. The lowest BCUT2D eigenvalue weighted by Crippen LogP contribution is -2.46. The summed E-state index contributed by atoms with van der Waals surface area (Å²) in [6, 6.07) is 22.7. The van der Waals surface area contributed by atoms with E-state index in [0.717, 1.165) is 32.7 Å². The molecule has 0 spiro atoms. The fraction of sp³-hybridized carbons (Fsp3) is 0.308. The van der Waals surface area contributed by atoms with Gasteiger partial charge in [0.15, 0.2) is 0 Å². The molecule has 29 heavy (non-hydrogen) atoms. The number of nitrogens with zero attached hydrogens (tertiary/aromatic N) is 3. The molecular weight excluding hydrogens is 354 g/mol. The van der Waals surface area contributed by atoms with Crippen LogP contribution in [-0.4, -0.2) is 47.6 Å². The van der Waals surface area contributed by atoms with Gasteiger partial charge in [0.05, 0.1) is 6.04 Å². The molecule has 1 fully saturated rings. The fourth-order valence-corrected chi connectivity index (χ4v) is 4.82. The first-order chi connectivity index (χ1) is 14.2. The molecule has 0 amide bonds. The van der Waals surface area contributed by atoms with Crippen molar-refractivity contribution in [2.24, 2.45) is 0 Å². The second kappa shape index (κ2) is 7.66. The number of benzene rings is 2. The van der Waals surface area contributed by atoms with E-state index in [1.165, 1.54) is 33.5 Å². The summed E-state index contributed by atoms with van der Waals surface area (Å²) in [5, 5.41) is 0. The molecule has 1 aliphatic carbocycles. The third-order valence-corrected chi connectivity index (χ3v) is 6.52. The summed E-state index contributed by atoms with van der Waals surface area (Å²) in [5.41, 5.74) is 8.32. The van der Waals surface area contributed by atoms with Crippen LogP contribution >= 0.6 is 0 Å². The van der Waals surface area contributed by atoms with Gasteiger partial charge in [0.1, 0.15) is 0 Å². The van der Waals surface area contributed by atoms with Gasteiger partial charge in [0, 0.05) is 44.6 Å². The third-order valence-electron chi connectivity index (χ3n) is 6.52. The molecule has 1 atom stereocenters. The lowest BCUT2D eigenvalue weighted by Gasteiger charge is -2.39. The molecule has 3 aromatic rings. The van der Waals surface area contributed by atoms with Crippen LogP contribution in [0.15, 0.2) is 66.9 Å². The highest BCUT2D eigenvalue weighted by molar-refractivity contribution is 5.86. The lowest BCUT2D eigenvalue weighted by atomic mass is 9.91. The first-order valence-corrected chi connectivity index (χ1v) is 10.6. The number of hydrogen-bond acceptors (Lipinski definition) is 2. The summed E-state index contributed by atoms with van der Waals surface area (Å²) < 4.78 is 2.35. The summed E-state index contributed by atoms with van der Waals surface area (Å²) in [6.07, 6.45) is 4.61. The highest BCUT2D eigenvalue weighted by Gasteiger charge is 2.30. The zero-order valence-corrected chi connectivity index (χ0v) is 17.4. The molecular formula is C26H29N3. The Kier molecular flexibility index (Phi) is 4.86. The minimum Gasteiger partial charge on any atom is -0.347 e. The van der Waals surface area contributed by atoms with Gasteiger partial charge < -0.3 is 9.47 Å². The highest BCUT2D eigenvalue weighted by Crippen LogP contribution is 2.40. The number of hydrogen-bond donors (Lipinski definition) is 0. The van der Waals surface area contributed by atoms with Gasteiger partial charge in [-0.1, -0.05) is 48.5 Å². The van der Waals surface area contributed by atoms with Crippen LogP contribution in [0.25, 0.3) is 11.6 Å². The first kappa shape index (κ1) is 18.4. The molecule has 3 nitrogen and oxygen atoms in total. The molecule has 1 aliphatic heterocycles. The predicted octanol–water partition coefficient (Wildman–Crippen LogP) is 4.69. The number of rotatable bonds is 3. The average molecular weight is 384 g/mol. The number of fused-ring (bicyclic) bond motifs is 2. The Bertz CT molecular complexity index is 1040. The number of likely N-dealkylation sites (N-methyl/N-ethyl adjacent to an activating group) is 1. The Morgan fingerprint density at radius 1 is 0.828 bits per heavy atom. The summed E-state index contributed by atoms with van der Waals surface area (Å²) >= 11 is 0. The van der Waals surface area contributed by atoms with Crippen LogP contribution in [0.1, 0.15) is 34.0 Å². The second-order valence-corrected chi connectivity index (χ2v) is 8.40. The van der Waals surface area contributed by atoms with Gasteiger partial charge in [-0.3, -0.25) is 4.90 Å². The summed E-state index contributed by atoms with van der Waals surface area (Å²) in [4.78, 5) is 5.11. The Morgan fingerprint density at radius 2 is 1.55 bits per heavy atom. The van der Waals surface area contributed by atoms with Gasteiger partial charge in [0.2, 0.25) is 0 Å². The minimum absolute atomic E-state index is 0.315. The van der Waals surface area contributed by atoms with Gasteiger partial charge in [-0.05, 0) is 60.0 Å².